The molecule has 2 aliphatic rings. The summed E-state index contributed by atoms with van der Waals surface area (Å²) in [5.74, 6) is 7.66. The summed E-state index contributed by atoms with van der Waals surface area (Å²) >= 11 is 0. The monoisotopic (exact) mass is 506 g/mol. The van der Waals surface area contributed by atoms with Crippen LogP contribution in [0.15, 0.2) is 23.1 Å². The fourth-order valence-electron chi connectivity index (χ4n) is 4.63. The average Bonchev–Trinajstić information content (AvgIpc) is 2.81. The van der Waals surface area contributed by atoms with Gasteiger partial charge in [-0.15, -0.1) is 0 Å². The molecule has 3 rings (SSSR count). The number of rotatable bonds is 7. The van der Waals surface area contributed by atoms with Crippen molar-refractivity contribution in [2.24, 2.45) is 17.8 Å². The van der Waals surface area contributed by atoms with E-state index in [1.54, 1.807) is 25.1 Å². The maximum atomic E-state index is 13.6. The van der Waals surface area contributed by atoms with Crippen molar-refractivity contribution in [2.75, 3.05) is 46.5 Å². The first kappa shape index (κ1) is 27.9. The number of hydrogen-bond donors (Lipinski definition) is 1. The van der Waals surface area contributed by atoms with E-state index in [2.05, 4.69) is 37.6 Å². The van der Waals surface area contributed by atoms with Crippen LogP contribution in [0.2, 0.25) is 0 Å². The Labute approximate surface area is 211 Å². The van der Waals surface area contributed by atoms with Crippen molar-refractivity contribution >= 4 is 10.0 Å². The van der Waals surface area contributed by atoms with Gasteiger partial charge in [-0.25, -0.2) is 8.42 Å². The third-order valence-electron chi connectivity index (χ3n) is 6.81. The molecule has 2 aliphatic heterocycles. The van der Waals surface area contributed by atoms with Gasteiger partial charge in [0.15, 0.2) is 0 Å². The van der Waals surface area contributed by atoms with Gasteiger partial charge in [-0.3, -0.25) is 0 Å². The van der Waals surface area contributed by atoms with E-state index in [0.717, 1.165) is 44.6 Å². The Hall–Kier alpha value is -1.63. The summed E-state index contributed by atoms with van der Waals surface area (Å²) in [6.07, 6.45) is 2.69. The molecule has 0 saturated carbocycles. The van der Waals surface area contributed by atoms with Gasteiger partial charge in [-0.1, -0.05) is 32.6 Å². The largest absolute Gasteiger partial charge is 0.487 e. The number of likely N-dealkylation sites (N-methyl/N-ethyl adjacent to an activating group) is 1. The van der Waals surface area contributed by atoms with Gasteiger partial charge in [0.25, 0.3) is 0 Å². The highest BCUT2D eigenvalue weighted by molar-refractivity contribution is 7.89. The van der Waals surface area contributed by atoms with E-state index < -0.39 is 16.1 Å². The minimum atomic E-state index is -3.84. The first-order chi connectivity index (χ1) is 16.6. The summed E-state index contributed by atoms with van der Waals surface area (Å²) in [5.41, 5.74) is 0.740. The summed E-state index contributed by atoms with van der Waals surface area (Å²) in [6, 6.07) is 4.57. The Bertz CT molecular complexity index is 995. The lowest BCUT2D eigenvalue weighted by Crippen LogP contribution is -2.50. The summed E-state index contributed by atoms with van der Waals surface area (Å²) < 4.78 is 40.6. The molecule has 0 unspecified atom stereocenters. The summed E-state index contributed by atoms with van der Waals surface area (Å²) in [5, 5.41) is 9.82. The number of sulfonamides is 1. The van der Waals surface area contributed by atoms with Crippen LogP contribution in [0, 0.1) is 29.6 Å². The van der Waals surface area contributed by atoms with Crippen molar-refractivity contribution < 1.29 is 23.0 Å². The van der Waals surface area contributed by atoms with Gasteiger partial charge in [0.05, 0.1) is 6.61 Å². The van der Waals surface area contributed by atoms with E-state index in [4.69, 9.17) is 9.47 Å². The van der Waals surface area contributed by atoms with Gasteiger partial charge in [0.1, 0.15) is 16.7 Å². The lowest BCUT2D eigenvalue weighted by Gasteiger charge is -2.38. The second-order valence-electron chi connectivity index (χ2n) is 10.6. The molecule has 1 saturated heterocycles. The maximum absolute atomic E-state index is 13.6. The Morgan fingerprint density at radius 1 is 1.20 bits per heavy atom. The predicted octanol–water partition coefficient (Wildman–Crippen LogP) is 3.21. The van der Waals surface area contributed by atoms with Gasteiger partial charge < -0.3 is 19.5 Å². The van der Waals surface area contributed by atoms with E-state index in [1.807, 2.05) is 6.92 Å². The number of hydrogen-bond acceptors (Lipinski definition) is 6. The number of benzene rings is 1. The molecule has 1 aromatic carbocycles. The summed E-state index contributed by atoms with van der Waals surface area (Å²) in [4.78, 5) is 2.43. The molecule has 0 aliphatic carbocycles. The minimum Gasteiger partial charge on any atom is -0.487 e. The number of ether oxygens (including phenoxy) is 2. The van der Waals surface area contributed by atoms with E-state index >= 15 is 0 Å². The normalized spacial score (nSPS) is 24.1. The van der Waals surface area contributed by atoms with Gasteiger partial charge in [-0.05, 0) is 56.8 Å². The molecular formula is C27H42N2O5S. The molecule has 1 N–H and O–H groups in total. The van der Waals surface area contributed by atoms with Crippen molar-refractivity contribution in [2.45, 2.75) is 64.0 Å². The summed E-state index contributed by atoms with van der Waals surface area (Å²) in [6.45, 7) is 11.3. The second-order valence-corrected chi connectivity index (χ2v) is 12.4. The molecular weight excluding hydrogens is 464 g/mol. The first-order valence-corrected chi connectivity index (χ1v) is 14.2. The predicted molar refractivity (Wildman–Crippen MR) is 138 cm³/mol. The zero-order valence-electron chi connectivity index (χ0n) is 21.9. The highest BCUT2D eigenvalue weighted by atomic mass is 32.2. The van der Waals surface area contributed by atoms with Crippen LogP contribution in [0.1, 0.15) is 52.5 Å². The third-order valence-corrected chi connectivity index (χ3v) is 8.83. The molecule has 196 valence electrons. The zero-order chi connectivity index (χ0) is 25.6. The van der Waals surface area contributed by atoms with Gasteiger partial charge in [0.2, 0.25) is 10.0 Å². The standard InChI is InChI=1S/C27H42N2O5S/c1-20(2)7-6-8-23-9-10-27-25(15-23)34-26(18-28(5)17-24-11-13-33-14-12-24)21(3)16-29(22(4)19-30)35(27,31)32/h9-10,15,20-22,24,26,30H,7,11-14,16-19H2,1-5H3/t21-,22+,26-/m1/s1. The quantitative estimate of drug-likeness (QED) is 0.572. The van der Waals surface area contributed by atoms with E-state index in [1.165, 1.54) is 4.31 Å². The maximum Gasteiger partial charge on any atom is 0.247 e. The fraction of sp³-hybridized carbons (Fsp3) is 0.704. The van der Waals surface area contributed by atoms with Crippen molar-refractivity contribution in [3.05, 3.63) is 23.8 Å². The molecule has 35 heavy (non-hydrogen) atoms. The Morgan fingerprint density at radius 2 is 1.91 bits per heavy atom. The smallest absolute Gasteiger partial charge is 0.247 e. The molecule has 0 aromatic heterocycles. The van der Waals surface area contributed by atoms with Crippen LogP contribution >= 0.6 is 0 Å². The third kappa shape index (κ3) is 7.43. The molecule has 0 amide bonds. The number of aliphatic hydroxyl groups excluding tert-OH is 1. The second kappa shape index (κ2) is 12.6. The van der Waals surface area contributed by atoms with E-state index in [9.17, 15) is 13.5 Å². The van der Waals surface area contributed by atoms with Crippen molar-refractivity contribution in [3.63, 3.8) is 0 Å². The minimum absolute atomic E-state index is 0.0697. The topological polar surface area (TPSA) is 79.3 Å². The SMILES string of the molecule is CC(C)CC#Cc1ccc2c(c1)O[C@H](CN(C)CC1CCOCC1)[C@H](C)CN([C@@H](C)CO)S2(=O)=O. The van der Waals surface area contributed by atoms with Gasteiger partial charge in [0, 0.05) is 56.8 Å². The molecule has 0 radical (unpaired) electrons. The van der Waals surface area contributed by atoms with Crippen molar-refractivity contribution in [1.82, 2.24) is 9.21 Å². The molecule has 3 atom stereocenters. The molecule has 8 heteroatoms. The van der Waals surface area contributed by atoms with Crippen LogP contribution in [-0.2, 0) is 14.8 Å². The van der Waals surface area contributed by atoms with Crippen LogP contribution < -0.4 is 4.74 Å². The molecule has 2 heterocycles. The van der Waals surface area contributed by atoms with Gasteiger partial charge >= 0.3 is 0 Å². The van der Waals surface area contributed by atoms with Crippen LogP contribution in [0.25, 0.3) is 0 Å². The molecule has 1 aromatic rings. The molecule has 1 fully saturated rings. The molecule has 0 bridgehead atoms. The summed E-state index contributed by atoms with van der Waals surface area (Å²) in [7, 11) is -1.74. The lowest BCUT2D eigenvalue weighted by molar-refractivity contribution is 0.0402. The Morgan fingerprint density at radius 3 is 2.57 bits per heavy atom. The van der Waals surface area contributed by atoms with Crippen LogP contribution in [0.5, 0.6) is 5.75 Å². The zero-order valence-corrected chi connectivity index (χ0v) is 22.7. The van der Waals surface area contributed by atoms with Gasteiger partial charge in [-0.2, -0.15) is 4.31 Å². The van der Waals surface area contributed by atoms with Crippen molar-refractivity contribution in [1.29, 1.82) is 0 Å². The highest BCUT2D eigenvalue weighted by Gasteiger charge is 2.38. The first-order valence-electron chi connectivity index (χ1n) is 12.8. The van der Waals surface area contributed by atoms with E-state index in [-0.39, 0.29) is 30.1 Å². The number of fused-ring (bicyclic) bond motifs is 1. The Balaban J connectivity index is 1.92. The fourth-order valence-corrected chi connectivity index (χ4v) is 6.46. The van der Waals surface area contributed by atoms with Crippen LogP contribution in [-0.4, -0.2) is 81.4 Å². The Kier molecular flexibility index (Phi) is 10.0. The lowest BCUT2D eigenvalue weighted by atomic mass is 9.98. The van der Waals surface area contributed by atoms with Crippen molar-refractivity contribution in [3.8, 4) is 17.6 Å². The van der Waals surface area contributed by atoms with E-state index in [0.29, 0.717) is 24.1 Å². The molecule has 0 spiro atoms. The number of nitrogens with zero attached hydrogens (tertiary/aromatic N) is 2. The average molecular weight is 507 g/mol. The highest BCUT2D eigenvalue weighted by Crippen LogP contribution is 2.34. The van der Waals surface area contributed by atoms with Crippen LogP contribution in [0.3, 0.4) is 0 Å². The molecule has 7 nitrogen and oxygen atoms in total. The van der Waals surface area contributed by atoms with Crippen LogP contribution in [0.4, 0.5) is 0 Å². The number of aliphatic hydroxyl groups is 1.